The summed E-state index contributed by atoms with van der Waals surface area (Å²) in [6.45, 7) is 6.33. The Morgan fingerprint density at radius 2 is 1.89 bits per heavy atom. The molecule has 2 rings (SSSR count). The molecule has 1 aliphatic heterocycles. The van der Waals surface area contributed by atoms with Gasteiger partial charge in [0.05, 0.1) is 6.04 Å². The normalized spacial score (nSPS) is 23.4. The lowest BCUT2D eigenvalue weighted by Gasteiger charge is -2.32. The molecule has 0 spiro atoms. The summed E-state index contributed by atoms with van der Waals surface area (Å²) < 4.78 is 0. The smallest absolute Gasteiger partial charge is 0.330 e. The zero-order valence-corrected chi connectivity index (χ0v) is 10.9. The van der Waals surface area contributed by atoms with Crippen molar-refractivity contribution in [2.24, 2.45) is 0 Å². The second-order valence-electron chi connectivity index (χ2n) is 4.93. The number of benzene rings is 1. The fourth-order valence-electron chi connectivity index (χ4n) is 1.87. The first-order valence-corrected chi connectivity index (χ1v) is 6.25. The summed E-state index contributed by atoms with van der Waals surface area (Å²) in [5.41, 5.74) is 7.75. The zero-order chi connectivity index (χ0) is 13.1. The summed E-state index contributed by atoms with van der Waals surface area (Å²) in [5.74, 6) is 0.526. The molecule has 1 fully saturated rings. The number of hydrogen-bond donors (Lipinski definition) is 4. The van der Waals surface area contributed by atoms with Crippen molar-refractivity contribution in [3.05, 3.63) is 29.8 Å². The van der Waals surface area contributed by atoms with Gasteiger partial charge in [0.2, 0.25) is 0 Å². The molecular formula is C13H20N4O. The molecule has 2 amide bonds. The van der Waals surface area contributed by atoms with Crippen LogP contribution in [0.4, 0.5) is 10.5 Å². The number of hydrogen-bond acceptors (Lipinski definition) is 3. The fraction of sp³-hybridized carbons (Fsp3) is 0.462. The van der Waals surface area contributed by atoms with Crippen LogP contribution in [0.15, 0.2) is 24.3 Å². The zero-order valence-electron chi connectivity index (χ0n) is 10.9. The Kier molecular flexibility index (Phi) is 3.72. The third-order valence-electron chi connectivity index (χ3n) is 3.10. The standard InChI is InChI=1S/C13H20N4O/c1-8(2)10-4-6-11(7-5-10)14-12-9(3)16-17-13(18)15-12/h4-9,12,14,16H,1-3H3,(H2,15,17,18). The van der Waals surface area contributed by atoms with Crippen LogP contribution in [0.25, 0.3) is 0 Å². The first kappa shape index (κ1) is 12.7. The van der Waals surface area contributed by atoms with Gasteiger partial charge in [-0.2, -0.15) is 0 Å². The molecule has 0 aromatic heterocycles. The van der Waals surface area contributed by atoms with Gasteiger partial charge in [-0.15, -0.1) is 0 Å². The minimum absolute atomic E-state index is 0.104. The topological polar surface area (TPSA) is 65.2 Å². The van der Waals surface area contributed by atoms with Crippen molar-refractivity contribution < 1.29 is 4.79 Å². The van der Waals surface area contributed by atoms with E-state index in [-0.39, 0.29) is 18.2 Å². The van der Waals surface area contributed by atoms with E-state index in [1.165, 1.54) is 5.56 Å². The van der Waals surface area contributed by atoms with Gasteiger partial charge in [-0.1, -0.05) is 26.0 Å². The maximum Gasteiger partial charge on any atom is 0.330 e. The number of nitrogens with one attached hydrogen (secondary N) is 4. The summed E-state index contributed by atoms with van der Waals surface area (Å²) in [6.07, 6.45) is -0.122. The summed E-state index contributed by atoms with van der Waals surface area (Å²) >= 11 is 0. The molecule has 2 atom stereocenters. The molecule has 1 saturated heterocycles. The van der Waals surface area contributed by atoms with E-state index in [1.54, 1.807) is 0 Å². The van der Waals surface area contributed by atoms with E-state index in [0.29, 0.717) is 5.92 Å². The second-order valence-corrected chi connectivity index (χ2v) is 4.93. The fourth-order valence-corrected chi connectivity index (χ4v) is 1.87. The number of carbonyl (C=O) groups excluding carboxylic acids is 1. The maximum absolute atomic E-state index is 11.2. The number of urea groups is 1. The van der Waals surface area contributed by atoms with Gasteiger partial charge in [-0.3, -0.25) is 5.43 Å². The molecule has 1 heterocycles. The third kappa shape index (κ3) is 2.92. The van der Waals surface area contributed by atoms with Crippen LogP contribution in [0.5, 0.6) is 0 Å². The Bertz CT molecular complexity index is 416. The quantitative estimate of drug-likeness (QED) is 0.659. The Balaban J connectivity index is 2.02. The van der Waals surface area contributed by atoms with Crippen LogP contribution >= 0.6 is 0 Å². The molecule has 5 nitrogen and oxygen atoms in total. The molecule has 1 aromatic carbocycles. The van der Waals surface area contributed by atoms with Crippen LogP contribution in [0, 0.1) is 0 Å². The van der Waals surface area contributed by atoms with Gasteiger partial charge in [0, 0.05) is 5.69 Å². The summed E-state index contributed by atoms with van der Waals surface area (Å²) in [6, 6.07) is 8.17. The van der Waals surface area contributed by atoms with E-state index in [4.69, 9.17) is 0 Å². The SMILES string of the molecule is CC(C)c1ccc(NC2NC(=O)NNC2C)cc1. The Labute approximate surface area is 107 Å². The molecule has 98 valence electrons. The summed E-state index contributed by atoms with van der Waals surface area (Å²) in [5, 5.41) is 6.12. The summed E-state index contributed by atoms with van der Waals surface area (Å²) in [7, 11) is 0. The number of amides is 2. The van der Waals surface area contributed by atoms with Gasteiger partial charge in [0.15, 0.2) is 0 Å². The first-order chi connectivity index (χ1) is 8.56. The van der Waals surface area contributed by atoms with Crippen molar-refractivity contribution in [3.8, 4) is 0 Å². The van der Waals surface area contributed by atoms with Crippen molar-refractivity contribution in [1.82, 2.24) is 16.2 Å². The minimum Gasteiger partial charge on any atom is -0.364 e. The van der Waals surface area contributed by atoms with E-state index in [0.717, 1.165) is 5.69 Å². The molecule has 2 unspecified atom stereocenters. The summed E-state index contributed by atoms with van der Waals surface area (Å²) in [4.78, 5) is 11.2. The predicted molar refractivity (Wildman–Crippen MR) is 72.2 cm³/mol. The number of anilines is 1. The van der Waals surface area contributed by atoms with Crippen molar-refractivity contribution in [2.75, 3.05) is 5.32 Å². The van der Waals surface area contributed by atoms with Gasteiger partial charge in [0.25, 0.3) is 0 Å². The van der Waals surface area contributed by atoms with E-state index in [2.05, 4.69) is 47.5 Å². The molecule has 1 aliphatic rings. The van der Waals surface area contributed by atoms with Crippen LogP contribution in [0.3, 0.4) is 0 Å². The van der Waals surface area contributed by atoms with E-state index >= 15 is 0 Å². The molecule has 0 aliphatic carbocycles. The second kappa shape index (κ2) is 5.27. The van der Waals surface area contributed by atoms with Gasteiger partial charge in [0.1, 0.15) is 6.17 Å². The lowest BCUT2D eigenvalue weighted by molar-refractivity contribution is 0.214. The van der Waals surface area contributed by atoms with Gasteiger partial charge < -0.3 is 10.6 Å². The van der Waals surface area contributed by atoms with Crippen molar-refractivity contribution in [1.29, 1.82) is 0 Å². The lowest BCUT2D eigenvalue weighted by Crippen LogP contribution is -2.65. The number of carbonyl (C=O) groups is 1. The van der Waals surface area contributed by atoms with Crippen LogP contribution in [-0.4, -0.2) is 18.2 Å². The minimum atomic E-state index is -0.218. The highest BCUT2D eigenvalue weighted by atomic mass is 16.2. The molecular weight excluding hydrogens is 228 g/mol. The van der Waals surface area contributed by atoms with Gasteiger partial charge >= 0.3 is 6.03 Å². The highest BCUT2D eigenvalue weighted by Crippen LogP contribution is 2.17. The van der Waals surface area contributed by atoms with Crippen LogP contribution < -0.4 is 21.5 Å². The molecule has 5 heteroatoms. The molecule has 0 radical (unpaired) electrons. The Morgan fingerprint density at radius 1 is 1.22 bits per heavy atom. The van der Waals surface area contributed by atoms with Gasteiger partial charge in [-0.25, -0.2) is 10.2 Å². The maximum atomic E-state index is 11.2. The molecule has 18 heavy (non-hydrogen) atoms. The average molecular weight is 248 g/mol. The highest BCUT2D eigenvalue weighted by molar-refractivity contribution is 5.75. The number of rotatable bonds is 3. The largest absolute Gasteiger partial charge is 0.364 e. The van der Waals surface area contributed by atoms with Crippen molar-refractivity contribution >= 4 is 11.7 Å². The van der Waals surface area contributed by atoms with E-state index < -0.39 is 0 Å². The first-order valence-electron chi connectivity index (χ1n) is 6.25. The van der Waals surface area contributed by atoms with Crippen molar-refractivity contribution in [2.45, 2.75) is 38.9 Å². The molecule has 1 aromatic rings. The molecule has 0 saturated carbocycles. The highest BCUT2D eigenvalue weighted by Gasteiger charge is 2.23. The van der Waals surface area contributed by atoms with E-state index in [1.807, 2.05) is 19.1 Å². The van der Waals surface area contributed by atoms with Crippen LogP contribution in [0.1, 0.15) is 32.3 Å². The lowest BCUT2D eigenvalue weighted by atomic mass is 10.0. The monoisotopic (exact) mass is 248 g/mol. The molecule has 0 bridgehead atoms. The number of hydrazine groups is 1. The average Bonchev–Trinajstić information content (AvgIpc) is 2.34. The predicted octanol–water partition coefficient (Wildman–Crippen LogP) is 1.75. The third-order valence-corrected chi connectivity index (χ3v) is 3.10. The van der Waals surface area contributed by atoms with Gasteiger partial charge in [-0.05, 0) is 30.5 Å². The van der Waals surface area contributed by atoms with E-state index in [9.17, 15) is 4.79 Å². The van der Waals surface area contributed by atoms with Crippen molar-refractivity contribution in [3.63, 3.8) is 0 Å². The van der Waals surface area contributed by atoms with Crippen LogP contribution in [0.2, 0.25) is 0 Å². The molecule has 4 N–H and O–H groups in total. The Morgan fingerprint density at radius 3 is 2.50 bits per heavy atom. The Hall–Kier alpha value is -1.75. The van der Waals surface area contributed by atoms with Crippen LogP contribution in [-0.2, 0) is 0 Å².